The molecule has 2 heterocycles. The van der Waals surface area contributed by atoms with Gasteiger partial charge in [-0.15, -0.1) is 0 Å². The Balaban J connectivity index is 2.29. The average Bonchev–Trinajstić information content (AvgIpc) is 2.67. The smallest absolute Gasteiger partial charge is 0.215 e. The second-order valence-electron chi connectivity index (χ2n) is 3.30. The van der Waals surface area contributed by atoms with Crippen LogP contribution in [0.4, 0.5) is 0 Å². The molecular formula is C10H14N4O. The summed E-state index contributed by atoms with van der Waals surface area (Å²) < 4.78 is 5.03. The first-order valence-electron chi connectivity index (χ1n) is 4.93. The van der Waals surface area contributed by atoms with Crippen LogP contribution in [0, 0.1) is 0 Å². The summed E-state index contributed by atoms with van der Waals surface area (Å²) in [5, 5.41) is 0. The van der Waals surface area contributed by atoms with Crippen molar-refractivity contribution >= 4 is 11.2 Å². The monoisotopic (exact) mass is 206 g/mol. The summed E-state index contributed by atoms with van der Waals surface area (Å²) in [4.78, 5) is 11.8. The van der Waals surface area contributed by atoms with Crippen LogP contribution in [0.15, 0.2) is 12.1 Å². The van der Waals surface area contributed by atoms with E-state index in [0.717, 1.165) is 24.2 Å². The second kappa shape index (κ2) is 4.27. The van der Waals surface area contributed by atoms with E-state index in [0.29, 0.717) is 18.1 Å². The Labute approximate surface area is 87.7 Å². The normalized spacial score (nSPS) is 10.8. The van der Waals surface area contributed by atoms with Gasteiger partial charge in [-0.1, -0.05) is 0 Å². The van der Waals surface area contributed by atoms with Gasteiger partial charge in [-0.3, -0.25) is 0 Å². The van der Waals surface area contributed by atoms with Crippen LogP contribution in [0.2, 0.25) is 0 Å². The molecule has 5 nitrogen and oxygen atoms in total. The zero-order chi connectivity index (χ0) is 10.7. The molecule has 0 fully saturated rings. The minimum Gasteiger partial charge on any atom is -0.481 e. The number of hydrogen-bond acceptors (Lipinski definition) is 4. The first-order valence-corrected chi connectivity index (χ1v) is 4.93. The van der Waals surface area contributed by atoms with E-state index in [2.05, 4.69) is 15.0 Å². The molecule has 0 aliphatic heterocycles. The fourth-order valence-corrected chi connectivity index (χ4v) is 1.43. The van der Waals surface area contributed by atoms with Gasteiger partial charge in [-0.2, -0.15) is 4.98 Å². The minimum absolute atomic E-state index is 0.583. The number of fused-ring (bicyclic) bond motifs is 1. The topological polar surface area (TPSA) is 76.8 Å². The fraction of sp³-hybridized carbons (Fsp3) is 0.400. The number of nitrogens with zero attached hydrogens (tertiary/aromatic N) is 2. The Morgan fingerprint density at radius 3 is 3.00 bits per heavy atom. The van der Waals surface area contributed by atoms with Gasteiger partial charge < -0.3 is 15.5 Å². The van der Waals surface area contributed by atoms with E-state index < -0.39 is 0 Å². The Kier molecular flexibility index (Phi) is 2.82. The molecule has 0 amide bonds. The molecule has 2 aromatic rings. The molecule has 0 spiro atoms. The molecule has 80 valence electrons. The van der Waals surface area contributed by atoms with E-state index in [1.807, 2.05) is 12.1 Å². The lowest BCUT2D eigenvalue weighted by Crippen LogP contribution is -2.01. The molecule has 0 bridgehead atoms. The van der Waals surface area contributed by atoms with Crippen LogP contribution in [0.5, 0.6) is 5.88 Å². The van der Waals surface area contributed by atoms with Gasteiger partial charge >= 0.3 is 0 Å². The summed E-state index contributed by atoms with van der Waals surface area (Å²) >= 11 is 0. The molecule has 0 aliphatic rings. The highest BCUT2D eigenvalue weighted by atomic mass is 16.5. The molecule has 5 heteroatoms. The molecule has 0 unspecified atom stereocenters. The van der Waals surface area contributed by atoms with E-state index in [9.17, 15) is 0 Å². The molecule has 15 heavy (non-hydrogen) atoms. The number of hydrogen-bond donors (Lipinski definition) is 2. The zero-order valence-corrected chi connectivity index (χ0v) is 8.66. The Bertz CT molecular complexity index is 452. The van der Waals surface area contributed by atoms with Crippen molar-refractivity contribution in [2.75, 3.05) is 13.7 Å². The number of nitrogens with two attached hydrogens (primary N) is 1. The van der Waals surface area contributed by atoms with Gasteiger partial charge in [-0.25, -0.2) is 4.98 Å². The third-order valence-corrected chi connectivity index (χ3v) is 2.20. The number of methoxy groups -OCH3 is 1. The first kappa shape index (κ1) is 9.92. The lowest BCUT2D eigenvalue weighted by molar-refractivity contribution is 0.399. The Hall–Kier alpha value is -1.62. The third kappa shape index (κ3) is 2.07. The van der Waals surface area contributed by atoms with Crippen molar-refractivity contribution in [3.63, 3.8) is 0 Å². The summed E-state index contributed by atoms with van der Waals surface area (Å²) in [6.45, 7) is 0.674. The molecule has 2 aromatic heterocycles. The lowest BCUT2D eigenvalue weighted by Gasteiger charge is -1.95. The standard InChI is InChI=1S/C10H14N4O/c1-15-9-5-4-7-10(14-9)13-8(12-7)3-2-6-11/h4-5H,2-3,6,11H2,1H3,(H,12,13,14). The summed E-state index contributed by atoms with van der Waals surface area (Å²) in [5.74, 6) is 1.51. The van der Waals surface area contributed by atoms with Crippen LogP contribution in [-0.4, -0.2) is 28.6 Å². The van der Waals surface area contributed by atoms with E-state index in [1.54, 1.807) is 7.11 Å². The Morgan fingerprint density at radius 1 is 1.40 bits per heavy atom. The molecular weight excluding hydrogens is 192 g/mol. The molecule has 3 N–H and O–H groups in total. The molecule has 0 saturated carbocycles. The Morgan fingerprint density at radius 2 is 2.27 bits per heavy atom. The number of nitrogens with one attached hydrogen (secondary N) is 1. The van der Waals surface area contributed by atoms with Crippen LogP contribution in [0.25, 0.3) is 11.2 Å². The van der Waals surface area contributed by atoms with Crippen molar-refractivity contribution in [1.29, 1.82) is 0 Å². The molecule has 0 atom stereocenters. The second-order valence-corrected chi connectivity index (χ2v) is 3.30. The van der Waals surface area contributed by atoms with Gasteiger partial charge in [0.15, 0.2) is 5.65 Å². The van der Waals surface area contributed by atoms with Crippen molar-refractivity contribution in [3.8, 4) is 5.88 Å². The van der Waals surface area contributed by atoms with E-state index in [1.165, 1.54) is 0 Å². The maximum Gasteiger partial charge on any atom is 0.215 e. The summed E-state index contributed by atoms with van der Waals surface area (Å²) in [6.07, 6.45) is 1.78. The highest BCUT2D eigenvalue weighted by Crippen LogP contribution is 2.14. The van der Waals surface area contributed by atoms with Gasteiger partial charge in [0, 0.05) is 12.5 Å². The highest BCUT2D eigenvalue weighted by molar-refractivity contribution is 5.71. The van der Waals surface area contributed by atoms with Crippen LogP contribution in [-0.2, 0) is 6.42 Å². The summed E-state index contributed by atoms with van der Waals surface area (Å²) in [5.41, 5.74) is 7.07. The van der Waals surface area contributed by atoms with Gasteiger partial charge in [0.1, 0.15) is 5.82 Å². The summed E-state index contributed by atoms with van der Waals surface area (Å²) in [6, 6.07) is 3.73. The van der Waals surface area contributed by atoms with Crippen LogP contribution >= 0.6 is 0 Å². The largest absolute Gasteiger partial charge is 0.481 e. The number of aromatic nitrogens is 3. The van der Waals surface area contributed by atoms with Crippen molar-refractivity contribution < 1.29 is 4.74 Å². The molecule has 2 rings (SSSR count). The van der Waals surface area contributed by atoms with Gasteiger partial charge in [0.25, 0.3) is 0 Å². The maximum absolute atomic E-state index is 5.44. The number of aryl methyl sites for hydroxylation is 1. The predicted octanol–water partition coefficient (Wildman–Crippen LogP) is 0.858. The van der Waals surface area contributed by atoms with Crippen LogP contribution in [0.1, 0.15) is 12.2 Å². The van der Waals surface area contributed by atoms with E-state index in [4.69, 9.17) is 10.5 Å². The van der Waals surface area contributed by atoms with E-state index in [-0.39, 0.29) is 0 Å². The number of pyridine rings is 1. The number of aromatic amines is 1. The van der Waals surface area contributed by atoms with Crippen LogP contribution < -0.4 is 10.5 Å². The molecule has 0 aromatic carbocycles. The number of H-pyrrole nitrogens is 1. The predicted molar refractivity (Wildman–Crippen MR) is 57.8 cm³/mol. The van der Waals surface area contributed by atoms with Crippen molar-refractivity contribution in [1.82, 2.24) is 15.0 Å². The van der Waals surface area contributed by atoms with Crippen molar-refractivity contribution in [2.45, 2.75) is 12.8 Å². The zero-order valence-electron chi connectivity index (χ0n) is 8.66. The van der Waals surface area contributed by atoms with E-state index >= 15 is 0 Å². The minimum atomic E-state index is 0.583. The fourth-order valence-electron chi connectivity index (χ4n) is 1.43. The third-order valence-electron chi connectivity index (χ3n) is 2.20. The van der Waals surface area contributed by atoms with Crippen molar-refractivity contribution in [2.24, 2.45) is 5.73 Å². The maximum atomic E-state index is 5.44. The molecule has 0 radical (unpaired) electrons. The van der Waals surface area contributed by atoms with Gasteiger partial charge in [-0.05, 0) is 19.0 Å². The first-order chi connectivity index (χ1) is 7.33. The number of imidazole rings is 1. The SMILES string of the molecule is COc1ccc2[nH]c(CCCN)nc2n1. The number of ether oxygens (including phenoxy) is 1. The van der Waals surface area contributed by atoms with Crippen LogP contribution in [0.3, 0.4) is 0 Å². The quantitative estimate of drug-likeness (QED) is 0.777. The highest BCUT2D eigenvalue weighted by Gasteiger charge is 2.04. The summed E-state index contributed by atoms with van der Waals surface area (Å²) in [7, 11) is 1.59. The van der Waals surface area contributed by atoms with Gasteiger partial charge in [0.2, 0.25) is 5.88 Å². The van der Waals surface area contributed by atoms with Crippen molar-refractivity contribution in [3.05, 3.63) is 18.0 Å². The molecule has 0 saturated heterocycles. The lowest BCUT2D eigenvalue weighted by atomic mass is 10.3. The average molecular weight is 206 g/mol. The van der Waals surface area contributed by atoms with Gasteiger partial charge in [0.05, 0.1) is 12.6 Å². The molecule has 0 aliphatic carbocycles. The number of rotatable bonds is 4.